The molecule has 1 aliphatic carbocycles. The molecule has 0 atom stereocenters. The van der Waals surface area contributed by atoms with E-state index in [0.29, 0.717) is 16.6 Å². The average molecular weight is 447 g/mol. The fourth-order valence-electron chi connectivity index (χ4n) is 3.44. The van der Waals surface area contributed by atoms with Crippen LogP contribution in [0.15, 0.2) is 24.5 Å². The van der Waals surface area contributed by atoms with Crippen LogP contribution in [0.25, 0.3) is 11.0 Å². The molecule has 0 radical (unpaired) electrons. The fraction of sp³-hybridized carbons (Fsp3) is 0.381. The number of benzene rings is 1. The number of rotatable bonds is 4. The van der Waals surface area contributed by atoms with Crippen molar-refractivity contribution < 1.29 is 14.0 Å². The molecule has 2 heterocycles. The van der Waals surface area contributed by atoms with Gasteiger partial charge < -0.3 is 11.1 Å². The summed E-state index contributed by atoms with van der Waals surface area (Å²) < 4.78 is 13.2. The number of aryl methyl sites for hydroxylation is 1. The minimum atomic E-state index is -0.391. The highest BCUT2D eigenvalue weighted by Gasteiger charge is 2.18. The molecule has 2 aromatic heterocycles. The summed E-state index contributed by atoms with van der Waals surface area (Å²) in [5.41, 5.74) is 7.90. The Bertz CT molecular complexity index is 1080. The lowest BCUT2D eigenvalue weighted by atomic mass is 9.90. The third-order valence-electron chi connectivity index (χ3n) is 5.19. The smallest absolute Gasteiger partial charge is 0.272 e. The molecule has 1 aliphatic rings. The predicted molar refractivity (Wildman–Crippen MR) is 116 cm³/mol. The van der Waals surface area contributed by atoms with Crippen LogP contribution in [0.2, 0.25) is 0 Å². The first kappa shape index (κ1) is 22.6. The number of hydrogen-bond donors (Lipinski definition) is 3. The molecule has 31 heavy (non-hydrogen) atoms. The van der Waals surface area contributed by atoms with E-state index in [1.54, 1.807) is 19.1 Å². The zero-order valence-corrected chi connectivity index (χ0v) is 17.9. The van der Waals surface area contributed by atoms with E-state index in [4.69, 9.17) is 17.3 Å². The van der Waals surface area contributed by atoms with Crippen molar-refractivity contribution in [1.29, 1.82) is 0 Å². The van der Waals surface area contributed by atoms with E-state index < -0.39 is 5.91 Å². The number of anilines is 1. The van der Waals surface area contributed by atoms with Crippen LogP contribution < -0.4 is 11.1 Å². The summed E-state index contributed by atoms with van der Waals surface area (Å²) in [6, 6.07) is 4.67. The van der Waals surface area contributed by atoms with E-state index in [-0.39, 0.29) is 35.0 Å². The number of H-pyrrole nitrogens is 1. The molecule has 1 amide bonds. The van der Waals surface area contributed by atoms with Gasteiger partial charge >= 0.3 is 0 Å². The number of nitrogens with zero attached hydrogens (tertiary/aromatic N) is 3. The fourth-order valence-corrected chi connectivity index (χ4v) is 3.66. The molecule has 10 heteroatoms. The first-order chi connectivity index (χ1) is 14.9. The lowest BCUT2D eigenvalue weighted by molar-refractivity contribution is -0.115. The van der Waals surface area contributed by atoms with Gasteiger partial charge in [-0.1, -0.05) is 31.4 Å². The van der Waals surface area contributed by atoms with Crippen molar-refractivity contribution in [2.45, 2.75) is 45.6 Å². The maximum Gasteiger partial charge on any atom is 0.272 e. The van der Waals surface area contributed by atoms with Gasteiger partial charge in [0.05, 0.1) is 0 Å². The number of fused-ring (bicyclic) bond motifs is 1. The summed E-state index contributed by atoms with van der Waals surface area (Å²) in [6.45, 7) is 1.93. The summed E-state index contributed by atoms with van der Waals surface area (Å²) in [5, 5.41) is 9.04. The summed E-state index contributed by atoms with van der Waals surface area (Å²) in [4.78, 5) is 30.7. The van der Waals surface area contributed by atoms with Crippen molar-refractivity contribution in [3.63, 3.8) is 0 Å². The van der Waals surface area contributed by atoms with Crippen molar-refractivity contribution in [2.75, 3.05) is 5.73 Å². The Morgan fingerprint density at radius 3 is 2.65 bits per heavy atom. The number of aromatic nitrogens is 4. The number of amides is 1. The first-order valence-electron chi connectivity index (χ1n) is 10.0. The van der Waals surface area contributed by atoms with Gasteiger partial charge in [-0.15, -0.1) is 0 Å². The average Bonchev–Trinajstić information content (AvgIpc) is 3.16. The molecular formula is C21H24ClFN6O2. The number of halogens is 2. The summed E-state index contributed by atoms with van der Waals surface area (Å²) in [7, 11) is 0. The number of aromatic amines is 1. The Labute approximate surface area is 183 Å². The van der Waals surface area contributed by atoms with E-state index in [9.17, 15) is 14.0 Å². The Balaban J connectivity index is 0.000000254. The highest BCUT2D eigenvalue weighted by Crippen LogP contribution is 2.25. The SMILES string of the molecule is Cc1cc(CNC(=O)c2ncnc3c(N)n[nH]c23)ccc1F.O=C(Cl)C1CCCCC1. The molecule has 8 nitrogen and oxygen atoms in total. The maximum atomic E-state index is 13.2. The van der Waals surface area contributed by atoms with E-state index in [0.717, 1.165) is 18.4 Å². The molecule has 1 fully saturated rings. The molecule has 164 valence electrons. The van der Waals surface area contributed by atoms with E-state index in [1.165, 1.54) is 31.7 Å². The Morgan fingerprint density at radius 1 is 1.26 bits per heavy atom. The molecule has 0 bridgehead atoms. The van der Waals surface area contributed by atoms with Gasteiger partial charge in [-0.3, -0.25) is 14.7 Å². The van der Waals surface area contributed by atoms with Gasteiger partial charge in [0.15, 0.2) is 11.5 Å². The van der Waals surface area contributed by atoms with Crippen LogP contribution in [0.1, 0.15) is 53.7 Å². The van der Waals surface area contributed by atoms with E-state index in [1.807, 2.05) is 0 Å². The number of carbonyl (C=O) groups excluding carboxylic acids is 2. The number of nitrogens with two attached hydrogens (primary N) is 1. The van der Waals surface area contributed by atoms with Gasteiger partial charge in [-0.05, 0) is 48.6 Å². The van der Waals surface area contributed by atoms with Crippen LogP contribution in [0.3, 0.4) is 0 Å². The number of carbonyl (C=O) groups is 2. The van der Waals surface area contributed by atoms with E-state index in [2.05, 4.69) is 25.5 Å². The second-order valence-electron chi connectivity index (χ2n) is 7.46. The van der Waals surface area contributed by atoms with Crippen molar-refractivity contribution >= 4 is 39.6 Å². The minimum Gasteiger partial charge on any atom is -0.380 e. The third kappa shape index (κ3) is 5.75. The summed E-state index contributed by atoms with van der Waals surface area (Å²) in [6.07, 6.45) is 6.93. The number of hydrogen-bond acceptors (Lipinski definition) is 6. The standard InChI is InChI=1S/C14H13FN6O.C7H11ClO/c1-7-4-8(2-3-9(7)15)5-17-14(22)12-10-11(18-6-19-12)13(16)21-20-10;8-7(9)6-4-2-1-3-5-6/h2-4,6H,5H2,1H3,(H,17,22)(H3,16,20,21);6H,1-5H2. The second kappa shape index (κ2) is 10.3. The van der Waals surface area contributed by atoms with Crippen LogP contribution in [-0.2, 0) is 11.3 Å². The van der Waals surface area contributed by atoms with Gasteiger partial charge in [0.25, 0.3) is 5.91 Å². The highest BCUT2D eigenvalue weighted by molar-refractivity contribution is 6.63. The Morgan fingerprint density at radius 2 is 2.00 bits per heavy atom. The van der Waals surface area contributed by atoms with Crippen LogP contribution in [0, 0.1) is 18.7 Å². The van der Waals surface area contributed by atoms with Gasteiger partial charge in [0, 0.05) is 12.5 Å². The highest BCUT2D eigenvalue weighted by atomic mass is 35.5. The Kier molecular flexibility index (Phi) is 7.51. The topological polar surface area (TPSA) is 127 Å². The predicted octanol–water partition coefficient (Wildman–Crippen LogP) is 3.64. The van der Waals surface area contributed by atoms with Crippen molar-refractivity contribution in [2.24, 2.45) is 5.92 Å². The zero-order valence-electron chi connectivity index (χ0n) is 17.1. The molecule has 4 N–H and O–H groups in total. The molecular weight excluding hydrogens is 423 g/mol. The maximum absolute atomic E-state index is 13.2. The van der Waals surface area contributed by atoms with Crippen LogP contribution in [-0.4, -0.2) is 31.3 Å². The lowest BCUT2D eigenvalue weighted by Gasteiger charge is -2.16. The monoisotopic (exact) mass is 446 g/mol. The quantitative estimate of drug-likeness (QED) is 0.525. The van der Waals surface area contributed by atoms with Crippen LogP contribution >= 0.6 is 11.6 Å². The molecule has 0 unspecified atom stereocenters. The van der Waals surface area contributed by atoms with Crippen LogP contribution in [0.4, 0.5) is 10.2 Å². The summed E-state index contributed by atoms with van der Waals surface area (Å²) in [5.74, 6) is -0.278. The molecule has 1 aromatic carbocycles. The lowest BCUT2D eigenvalue weighted by Crippen LogP contribution is -2.24. The zero-order chi connectivity index (χ0) is 22.4. The molecule has 1 saturated carbocycles. The van der Waals surface area contributed by atoms with Gasteiger partial charge in [-0.25, -0.2) is 14.4 Å². The van der Waals surface area contributed by atoms with Crippen molar-refractivity contribution in [3.05, 3.63) is 47.2 Å². The van der Waals surface area contributed by atoms with Gasteiger partial charge in [0.1, 0.15) is 23.2 Å². The second-order valence-corrected chi connectivity index (χ2v) is 7.83. The largest absolute Gasteiger partial charge is 0.380 e. The normalized spacial score (nSPS) is 14.0. The summed E-state index contributed by atoms with van der Waals surface area (Å²) >= 11 is 5.32. The molecule has 0 aliphatic heterocycles. The molecule has 4 rings (SSSR count). The number of nitrogens with one attached hydrogen (secondary N) is 2. The number of nitrogen functional groups attached to an aromatic ring is 1. The molecule has 0 spiro atoms. The third-order valence-corrected chi connectivity index (χ3v) is 5.50. The van der Waals surface area contributed by atoms with Crippen LogP contribution in [0.5, 0.6) is 0 Å². The molecule has 3 aromatic rings. The first-order valence-corrected chi connectivity index (χ1v) is 10.4. The van der Waals surface area contributed by atoms with Crippen molar-refractivity contribution in [1.82, 2.24) is 25.5 Å². The Hall–Kier alpha value is -3.07. The van der Waals surface area contributed by atoms with Crippen molar-refractivity contribution in [3.8, 4) is 0 Å². The van der Waals surface area contributed by atoms with E-state index >= 15 is 0 Å². The molecule has 0 saturated heterocycles. The minimum absolute atomic E-state index is 0.130. The van der Waals surface area contributed by atoms with Gasteiger partial charge in [0.2, 0.25) is 5.24 Å². The van der Waals surface area contributed by atoms with Gasteiger partial charge in [-0.2, -0.15) is 5.10 Å².